The fourth-order valence-electron chi connectivity index (χ4n) is 2.89. The van der Waals surface area contributed by atoms with Crippen molar-refractivity contribution in [2.24, 2.45) is 0 Å². The van der Waals surface area contributed by atoms with Gasteiger partial charge in [0.15, 0.2) is 0 Å². The number of nitrogens with zero attached hydrogens (tertiary/aromatic N) is 1. The highest BCUT2D eigenvalue weighted by molar-refractivity contribution is 7.99. The van der Waals surface area contributed by atoms with Crippen LogP contribution in [0.15, 0.2) is 29.8 Å². The zero-order valence-corrected chi connectivity index (χ0v) is 16.0. The minimum atomic E-state index is -3.65. The molecule has 2 rings (SSSR count). The minimum Gasteiger partial charge on any atom is -0.339 e. The highest BCUT2D eigenvalue weighted by atomic mass is 35.5. The largest absolute Gasteiger partial charge is 0.339 e. The van der Waals surface area contributed by atoms with E-state index in [1.807, 2.05) is 20.8 Å². The Morgan fingerprint density at radius 3 is 2.29 bits per heavy atom. The van der Waals surface area contributed by atoms with Gasteiger partial charge in [0.05, 0.1) is 10.4 Å². The Morgan fingerprint density at radius 1 is 1.21 bits per heavy atom. The molecule has 0 saturated carbocycles. The van der Waals surface area contributed by atoms with Gasteiger partial charge in [-0.2, -0.15) is 0 Å². The van der Waals surface area contributed by atoms with E-state index in [0.29, 0.717) is 29.1 Å². The predicted molar refractivity (Wildman–Crippen MR) is 97.1 cm³/mol. The number of hydrogen-bond acceptors (Lipinski definition) is 3. The third-order valence-electron chi connectivity index (χ3n) is 4.18. The molecule has 0 bridgehead atoms. The van der Waals surface area contributed by atoms with Gasteiger partial charge >= 0.3 is 0 Å². The number of nitrogens with one attached hydrogen (secondary N) is 1. The first-order chi connectivity index (χ1) is 11.1. The van der Waals surface area contributed by atoms with Gasteiger partial charge in [-0.05, 0) is 44.0 Å². The normalized spacial score (nSPS) is 18.7. The Bertz CT molecular complexity index is 768. The molecule has 0 fully saturated rings. The molecule has 0 spiro atoms. The zero-order valence-electron chi connectivity index (χ0n) is 14.4. The average Bonchev–Trinajstić information content (AvgIpc) is 2.68. The Morgan fingerprint density at radius 2 is 1.79 bits per heavy atom. The lowest BCUT2D eigenvalue weighted by Gasteiger charge is -2.28. The van der Waals surface area contributed by atoms with Crippen molar-refractivity contribution in [3.05, 3.63) is 40.4 Å². The van der Waals surface area contributed by atoms with Gasteiger partial charge in [0, 0.05) is 24.5 Å². The topological polar surface area (TPSA) is 66.5 Å². The molecule has 1 amide bonds. The lowest BCUT2D eigenvalue weighted by Crippen LogP contribution is -2.42. The molecule has 1 aliphatic rings. The number of sulfonamides is 1. The third kappa shape index (κ3) is 3.66. The van der Waals surface area contributed by atoms with Gasteiger partial charge in [0.2, 0.25) is 15.9 Å². The molecule has 1 aromatic carbocycles. The maximum absolute atomic E-state index is 12.7. The lowest BCUT2D eigenvalue weighted by atomic mass is 9.92. The molecule has 0 radical (unpaired) electrons. The van der Waals surface area contributed by atoms with Crippen molar-refractivity contribution >= 4 is 32.4 Å². The molecule has 0 unspecified atom stereocenters. The number of amides is 1. The summed E-state index contributed by atoms with van der Waals surface area (Å²) in [6.45, 7) is 8.12. The number of carbonyl (C=O) groups excluding carboxylic acids is 1. The van der Waals surface area contributed by atoms with Crippen LogP contribution in [0.1, 0.15) is 39.7 Å². The minimum absolute atomic E-state index is 0.000513. The lowest BCUT2D eigenvalue weighted by molar-refractivity contribution is -0.130. The number of likely N-dealkylation sites (N-methyl/N-ethyl adjacent to an activating group) is 1. The number of carbonyl (C=O) groups is 1. The Kier molecular flexibility index (Phi) is 5.42. The molecule has 0 aliphatic carbocycles. The zero-order chi connectivity index (χ0) is 18.1. The standard InChI is InChI=1S/C17H23ClN2O3S/c1-5-15(21)20(6-2)11-14-16(12-7-9-13(18)10-8-12)24(22,23)19-17(14,3)4/h7-10,19H,5-6,11H2,1-4H3. The molecular weight excluding hydrogens is 348 g/mol. The average molecular weight is 371 g/mol. The van der Waals surface area contributed by atoms with Gasteiger partial charge in [-0.3, -0.25) is 4.79 Å². The van der Waals surface area contributed by atoms with Crippen LogP contribution in [0.3, 0.4) is 0 Å². The van der Waals surface area contributed by atoms with E-state index in [0.717, 1.165) is 0 Å². The smallest absolute Gasteiger partial charge is 0.242 e. The summed E-state index contributed by atoms with van der Waals surface area (Å²) in [5.41, 5.74) is 0.510. The molecule has 1 aromatic rings. The van der Waals surface area contributed by atoms with Crippen molar-refractivity contribution in [1.82, 2.24) is 9.62 Å². The fourth-order valence-corrected chi connectivity index (χ4v) is 5.00. The summed E-state index contributed by atoms with van der Waals surface area (Å²) in [7, 11) is -3.65. The first-order valence-corrected chi connectivity index (χ1v) is 9.79. The first-order valence-electron chi connectivity index (χ1n) is 7.93. The highest BCUT2D eigenvalue weighted by Gasteiger charge is 2.43. The van der Waals surface area contributed by atoms with E-state index < -0.39 is 15.6 Å². The van der Waals surface area contributed by atoms with Gasteiger partial charge in [-0.15, -0.1) is 0 Å². The van der Waals surface area contributed by atoms with Crippen molar-refractivity contribution in [3.8, 4) is 0 Å². The van der Waals surface area contributed by atoms with Gasteiger partial charge in [0.25, 0.3) is 0 Å². The summed E-state index contributed by atoms with van der Waals surface area (Å²) < 4.78 is 28.1. The van der Waals surface area contributed by atoms with Crippen molar-refractivity contribution in [1.29, 1.82) is 0 Å². The second-order valence-corrected chi connectivity index (χ2v) is 8.36. The summed E-state index contributed by atoms with van der Waals surface area (Å²) in [6.07, 6.45) is 0.387. The van der Waals surface area contributed by atoms with Gasteiger partial charge in [-0.1, -0.05) is 30.7 Å². The SMILES string of the molecule is CCC(=O)N(CC)CC1=C(c2ccc(Cl)cc2)S(=O)(=O)NC1(C)C. The van der Waals surface area contributed by atoms with Crippen molar-refractivity contribution in [2.45, 2.75) is 39.7 Å². The highest BCUT2D eigenvalue weighted by Crippen LogP contribution is 2.38. The molecular formula is C17H23ClN2O3S. The Hall–Kier alpha value is -1.37. The quantitative estimate of drug-likeness (QED) is 0.866. The van der Waals surface area contributed by atoms with Crippen molar-refractivity contribution < 1.29 is 13.2 Å². The van der Waals surface area contributed by atoms with Crippen LogP contribution < -0.4 is 4.72 Å². The van der Waals surface area contributed by atoms with Crippen LogP contribution in [0.25, 0.3) is 4.91 Å². The summed E-state index contributed by atoms with van der Waals surface area (Å²) in [5.74, 6) is 0.000513. The molecule has 5 nitrogen and oxygen atoms in total. The molecule has 0 saturated heterocycles. The van der Waals surface area contributed by atoms with Crippen LogP contribution in [0.4, 0.5) is 0 Å². The van der Waals surface area contributed by atoms with Crippen LogP contribution in [0.5, 0.6) is 0 Å². The molecule has 24 heavy (non-hydrogen) atoms. The molecule has 0 atom stereocenters. The predicted octanol–water partition coefficient (Wildman–Crippen LogP) is 3.02. The van der Waals surface area contributed by atoms with E-state index in [9.17, 15) is 13.2 Å². The second-order valence-electron chi connectivity index (χ2n) is 6.31. The van der Waals surface area contributed by atoms with Crippen molar-refractivity contribution in [3.63, 3.8) is 0 Å². The van der Waals surface area contributed by atoms with Crippen LogP contribution in [-0.2, 0) is 14.8 Å². The third-order valence-corrected chi connectivity index (χ3v) is 6.23. The summed E-state index contributed by atoms with van der Waals surface area (Å²) >= 11 is 5.91. The second kappa shape index (κ2) is 6.86. The molecule has 1 N–H and O–H groups in total. The summed E-state index contributed by atoms with van der Waals surface area (Å²) in [5, 5.41) is 0.542. The van der Waals surface area contributed by atoms with E-state index in [2.05, 4.69) is 4.72 Å². The molecule has 7 heteroatoms. The number of hydrogen-bond donors (Lipinski definition) is 1. The van der Waals surface area contributed by atoms with E-state index in [1.165, 1.54) is 0 Å². The number of rotatable bonds is 5. The van der Waals surface area contributed by atoms with Gasteiger partial charge < -0.3 is 4.90 Å². The van der Waals surface area contributed by atoms with Crippen LogP contribution in [-0.4, -0.2) is 37.9 Å². The number of halogens is 1. The molecule has 1 heterocycles. The first kappa shape index (κ1) is 19.0. The van der Waals surface area contributed by atoms with Crippen molar-refractivity contribution in [2.75, 3.05) is 13.1 Å². The Balaban J connectivity index is 2.60. The maximum atomic E-state index is 12.7. The van der Waals surface area contributed by atoms with Gasteiger partial charge in [0.1, 0.15) is 0 Å². The van der Waals surface area contributed by atoms with E-state index >= 15 is 0 Å². The molecule has 0 aromatic heterocycles. The van der Waals surface area contributed by atoms with E-state index in [1.54, 1.807) is 36.1 Å². The monoisotopic (exact) mass is 370 g/mol. The maximum Gasteiger partial charge on any atom is 0.242 e. The summed E-state index contributed by atoms with van der Waals surface area (Å²) in [4.78, 5) is 14.0. The van der Waals surface area contributed by atoms with E-state index in [-0.39, 0.29) is 17.4 Å². The van der Waals surface area contributed by atoms with Crippen LogP contribution in [0.2, 0.25) is 5.02 Å². The number of benzene rings is 1. The van der Waals surface area contributed by atoms with Crippen LogP contribution >= 0.6 is 11.6 Å². The van der Waals surface area contributed by atoms with E-state index in [4.69, 9.17) is 11.6 Å². The fraction of sp³-hybridized carbons (Fsp3) is 0.471. The van der Waals surface area contributed by atoms with Gasteiger partial charge in [-0.25, -0.2) is 13.1 Å². The molecule has 1 aliphatic heterocycles. The van der Waals surface area contributed by atoms with Crippen LogP contribution in [0, 0.1) is 0 Å². The summed E-state index contributed by atoms with van der Waals surface area (Å²) in [6, 6.07) is 6.71. The Labute approximate surface area is 148 Å². The molecule has 132 valence electrons.